The SMILES string of the molecule is CC(C)(N)CNC(=O)C=C1CCC1.Cl. The fourth-order valence-corrected chi connectivity index (χ4v) is 1.08. The Morgan fingerprint density at radius 2 is 2.14 bits per heavy atom. The molecule has 0 aromatic rings. The molecule has 0 bridgehead atoms. The second-order valence-corrected chi connectivity index (χ2v) is 4.36. The van der Waals surface area contributed by atoms with Gasteiger partial charge in [0.1, 0.15) is 0 Å². The van der Waals surface area contributed by atoms with E-state index in [4.69, 9.17) is 5.73 Å². The molecule has 1 amide bonds. The fraction of sp³-hybridized carbons (Fsp3) is 0.700. The third kappa shape index (κ3) is 5.25. The maximum atomic E-state index is 11.2. The van der Waals surface area contributed by atoms with Crippen molar-refractivity contribution in [2.24, 2.45) is 5.73 Å². The number of amides is 1. The molecule has 0 spiro atoms. The Hall–Kier alpha value is -0.540. The molecule has 0 saturated heterocycles. The number of carbonyl (C=O) groups excluding carboxylic acids is 1. The van der Waals surface area contributed by atoms with E-state index in [-0.39, 0.29) is 23.9 Å². The summed E-state index contributed by atoms with van der Waals surface area (Å²) >= 11 is 0. The Bertz CT molecular complexity index is 225. The van der Waals surface area contributed by atoms with E-state index < -0.39 is 0 Å². The molecule has 1 rings (SSSR count). The molecular formula is C10H19ClN2O. The van der Waals surface area contributed by atoms with Crippen LogP contribution in [0.25, 0.3) is 0 Å². The van der Waals surface area contributed by atoms with Gasteiger partial charge in [0.05, 0.1) is 0 Å². The number of nitrogens with two attached hydrogens (primary N) is 1. The summed E-state index contributed by atoms with van der Waals surface area (Å²) in [6.45, 7) is 4.31. The first-order valence-corrected chi connectivity index (χ1v) is 4.73. The van der Waals surface area contributed by atoms with E-state index in [0.717, 1.165) is 12.8 Å². The Balaban J connectivity index is 0.00000169. The average Bonchev–Trinajstić information content (AvgIpc) is 1.91. The van der Waals surface area contributed by atoms with Gasteiger partial charge >= 0.3 is 0 Å². The zero-order valence-corrected chi connectivity index (χ0v) is 9.62. The summed E-state index contributed by atoms with van der Waals surface area (Å²) in [5.41, 5.74) is 6.66. The number of nitrogens with one attached hydrogen (secondary N) is 1. The van der Waals surface area contributed by atoms with Gasteiger partial charge in [0.25, 0.3) is 0 Å². The van der Waals surface area contributed by atoms with Crippen LogP contribution >= 0.6 is 12.4 Å². The monoisotopic (exact) mass is 218 g/mol. The summed E-state index contributed by atoms with van der Waals surface area (Å²) in [5, 5.41) is 2.78. The van der Waals surface area contributed by atoms with Gasteiger partial charge in [-0.15, -0.1) is 12.4 Å². The molecule has 0 unspecified atom stereocenters. The minimum absolute atomic E-state index is 0. The Morgan fingerprint density at radius 1 is 1.57 bits per heavy atom. The summed E-state index contributed by atoms with van der Waals surface area (Å²) in [4.78, 5) is 11.2. The standard InChI is InChI=1S/C10H18N2O.ClH/c1-10(2,11)7-12-9(13)6-8-4-3-5-8;/h6H,3-5,7,11H2,1-2H3,(H,12,13);1H. The van der Waals surface area contributed by atoms with Crippen molar-refractivity contribution in [1.29, 1.82) is 0 Å². The van der Waals surface area contributed by atoms with Crippen molar-refractivity contribution in [3.63, 3.8) is 0 Å². The molecule has 1 aliphatic carbocycles. The van der Waals surface area contributed by atoms with Gasteiger partial charge in [-0.2, -0.15) is 0 Å². The molecule has 0 aromatic carbocycles. The van der Waals surface area contributed by atoms with Crippen LogP contribution in [0.2, 0.25) is 0 Å². The third-order valence-electron chi connectivity index (χ3n) is 2.05. The molecule has 1 aliphatic rings. The van der Waals surface area contributed by atoms with Gasteiger partial charge in [-0.25, -0.2) is 0 Å². The zero-order valence-electron chi connectivity index (χ0n) is 8.80. The number of hydrogen-bond donors (Lipinski definition) is 2. The van der Waals surface area contributed by atoms with E-state index in [1.807, 2.05) is 13.8 Å². The minimum Gasteiger partial charge on any atom is -0.351 e. The molecular weight excluding hydrogens is 200 g/mol. The average molecular weight is 219 g/mol. The number of carbonyl (C=O) groups is 1. The maximum absolute atomic E-state index is 11.2. The van der Waals surface area contributed by atoms with Gasteiger partial charge in [0.2, 0.25) is 5.91 Å². The molecule has 0 atom stereocenters. The molecule has 0 radical (unpaired) electrons. The summed E-state index contributed by atoms with van der Waals surface area (Å²) in [6.07, 6.45) is 5.09. The van der Waals surface area contributed by atoms with Crippen LogP contribution in [0, 0.1) is 0 Å². The fourth-order valence-electron chi connectivity index (χ4n) is 1.08. The van der Waals surface area contributed by atoms with E-state index in [2.05, 4.69) is 5.32 Å². The summed E-state index contributed by atoms with van der Waals surface area (Å²) < 4.78 is 0. The van der Waals surface area contributed by atoms with Crippen LogP contribution < -0.4 is 11.1 Å². The lowest BCUT2D eigenvalue weighted by Crippen LogP contribution is -2.44. The van der Waals surface area contributed by atoms with Crippen LogP contribution in [0.4, 0.5) is 0 Å². The maximum Gasteiger partial charge on any atom is 0.243 e. The van der Waals surface area contributed by atoms with E-state index in [1.54, 1.807) is 6.08 Å². The molecule has 3 N–H and O–H groups in total. The van der Waals surface area contributed by atoms with Gasteiger partial charge < -0.3 is 11.1 Å². The number of allylic oxidation sites excluding steroid dienone is 1. The molecule has 1 saturated carbocycles. The van der Waals surface area contributed by atoms with Crippen LogP contribution in [0.1, 0.15) is 33.1 Å². The number of hydrogen-bond acceptors (Lipinski definition) is 2. The van der Waals surface area contributed by atoms with Gasteiger partial charge in [-0.1, -0.05) is 5.57 Å². The Morgan fingerprint density at radius 3 is 2.50 bits per heavy atom. The molecule has 82 valence electrons. The van der Waals surface area contributed by atoms with Crippen LogP contribution in [-0.2, 0) is 4.79 Å². The molecule has 1 fully saturated rings. The van der Waals surface area contributed by atoms with Crippen molar-refractivity contribution in [3.05, 3.63) is 11.6 Å². The predicted molar refractivity (Wildman–Crippen MR) is 60.5 cm³/mol. The largest absolute Gasteiger partial charge is 0.351 e. The molecule has 0 aliphatic heterocycles. The van der Waals surface area contributed by atoms with Crippen LogP contribution in [0.15, 0.2) is 11.6 Å². The van der Waals surface area contributed by atoms with E-state index >= 15 is 0 Å². The van der Waals surface area contributed by atoms with Crippen LogP contribution in [0.3, 0.4) is 0 Å². The van der Waals surface area contributed by atoms with Crippen molar-refractivity contribution in [2.75, 3.05) is 6.54 Å². The van der Waals surface area contributed by atoms with Crippen molar-refractivity contribution >= 4 is 18.3 Å². The van der Waals surface area contributed by atoms with E-state index in [9.17, 15) is 4.79 Å². The molecule has 4 heteroatoms. The molecule has 0 heterocycles. The molecule has 3 nitrogen and oxygen atoms in total. The third-order valence-corrected chi connectivity index (χ3v) is 2.05. The highest BCUT2D eigenvalue weighted by molar-refractivity contribution is 5.88. The van der Waals surface area contributed by atoms with Crippen LogP contribution in [0.5, 0.6) is 0 Å². The lowest BCUT2D eigenvalue weighted by molar-refractivity contribution is -0.116. The quantitative estimate of drug-likeness (QED) is 0.704. The van der Waals surface area contributed by atoms with E-state index in [1.165, 1.54) is 12.0 Å². The number of rotatable bonds is 3. The Labute approximate surface area is 91.5 Å². The second-order valence-electron chi connectivity index (χ2n) is 4.36. The Kier molecular flexibility index (Phi) is 5.16. The first kappa shape index (κ1) is 13.5. The smallest absolute Gasteiger partial charge is 0.243 e. The normalized spacial score (nSPS) is 15.2. The van der Waals surface area contributed by atoms with Crippen molar-refractivity contribution in [2.45, 2.75) is 38.6 Å². The van der Waals surface area contributed by atoms with Gasteiger partial charge in [-0.3, -0.25) is 4.79 Å². The van der Waals surface area contributed by atoms with Crippen molar-refractivity contribution in [3.8, 4) is 0 Å². The number of halogens is 1. The minimum atomic E-state index is -0.326. The first-order valence-electron chi connectivity index (χ1n) is 4.73. The summed E-state index contributed by atoms with van der Waals surface area (Å²) in [6, 6.07) is 0. The predicted octanol–water partition coefficient (Wildman–Crippen LogP) is 1.37. The molecule has 0 aromatic heterocycles. The van der Waals surface area contributed by atoms with Gasteiger partial charge in [0.15, 0.2) is 0 Å². The summed E-state index contributed by atoms with van der Waals surface area (Å²) in [5.74, 6) is -0.00627. The first-order chi connectivity index (χ1) is 5.97. The van der Waals surface area contributed by atoms with Crippen molar-refractivity contribution < 1.29 is 4.79 Å². The second kappa shape index (κ2) is 5.37. The lowest BCUT2D eigenvalue weighted by Gasteiger charge is -2.19. The topological polar surface area (TPSA) is 55.1 Å². The zero-order chi connectivity index (χ0) is 9.90. The van der Waals surface area contributed by atoms with E-state index in [0.29, 0.717) is 6.54 Å². The highest BCUT2D eigenvalue weighted by atomic mass is 35.5. The summed E-state index contributed by atoms with van der Waals surface area (Å²) in [7, 11) is 0. The van der Waals surface area contributed by atoms with Crippen molar-refractivity contribution in [1.82, 2.24) is 5.32 Å². The van der Waals surface area contributed by atoms with Gasteiger partial charge in [-0.05, 0) is 33.1 Å². The highest BCUT2D eigenvalue weighted by Crippen LogP contribution is 2.24. The van der Waals surface area contributed by atoms with Gasteiger partial charge in [0, 0.05) is 18.2 Å². The molecule has 14 heavy (non-hydrogen) atoms. The lowest BCUT2D eigenvalue weighted by atomic mass is 9.92. The highest BCUT2D eigenvalue weighted by Gasteiger charge is 2.13. The van der Waals surface area contributed by atoms with Crippen LogP contribution in [-0.4, -0.2) is 18.0 Å².